The molecule has 314 valence electrons. The van der Waals surface area contributed by atoms with E-state index in [0.717, 1.165) is 45.5 Å². The lowest BCUT2D eigenvalue weighted by Crippen LogP contribution is -2.54. The van der Waals surface area contributed by atoms with E-state index in [1.54, 1.807) is 43.5 Å². The molecule has 16 nitrogen and oxygen atoms in total. The number of aromatic nitrogens is 4. The van der Waals surface area contributed by atoms with Gasteiger partial charge in [-0.15, -0.1) is 0 Å². The average Bonchev–Trinajstić information content (AvgIpc) is 3.96. The van der Waals surface area contributed by atoms with E-state index >= 15 is 0 Å². The van der Waals surface area contributed by atoms with E-state index in [9.17, 15) is 23.7 Å². The Morgan fingerprint density at radius 1 is 0.852 bits per heavy atom. The number of benzene rings is 3. The predicted octanol–water partition coefficient (Wildman–Crippen LogP) is 5.88. The summed E-state index contributed by atoms with van der Waals surface area (Å²) in [6, 6.07) is 14.2. The molecular formula is C43H44ClN10O6P. The third kappa shape index (κ3) is 7.81. The van der Waals surface area contributed by atoms with Crippen molar-refractivity contribution in [2.75, 3.05) is 67.1 Å². The quantitative estimate of drug-likeness (QED) is 0.106. The Balaban J connectivity index is 0.954. The topological polar surface area (TPSA) is 184 Å². The number of piperazine rings is 1. The maximum absolute atomic E-state index is 13.5. The lowest BCUT2D eigenvalue weighted by Gasteiger charge is -2.38. The number of halogens is 1. The first kappa shape index (κ1) is 40.2. The van der Waals surface area contributed by atoms with Crippen LogP contribution in [0.5, 0.6) is 5.75 Å². The minimum atomic E-state index is -2.65. The molecule has 1 aliphatic carbocycles. The van der Waals surface area contributed by atoms with Crippen molar-refractivity contribution in [2.24, 2.45) is 7.05 Å². The fraction of sp³-hybridized carbons (Fsp3) is 0.326. The highest BCUT2D eigenvalue weighted by atomic mass is 35.5. The second-order valence-corrected chi connectivity index (χ2v) is 19.8. The molecule has 1 unspecified atom stereocenters. The van der Waals surface area contributed by atoms with Crippen LogP contribution in [0.3, 0.4) is 0 Å². The van der Waals surface area contributed by atoms with Crippen molar-refractivity contribution < 1.29 is 28.5 Å². The molecule has 5 heterocycles. The van der Waals surface area contributed by atoms with Crippen molar-refractivity contribution in [3.8, 4) is 16.9 Å². The van der Waals surface area contributed by atoms with Crippen molar-refractivity contribution in [1.82, 2.24) is 30.0 Å². The van der Waals surface area contributed by atoms with Crippen LogP contribution in [0.15, 0.2) is 67.1 Å². The summed E-state index contributed by atoms with van der Waals surface area (Å²) in [5, 5.41) is 14.4. The molecule has 9 rings (SSSR count). The zero-order valence-electron chi connectivity index (χ0n) is 34.1. The number of carbonyl (C=O) groups is 4. The van der Waals surface area contributed by atoms with Gasteiger partial charge in [0.1, 0.15) is 24.0 Å². The molecule has 0 radical (unpaired) electrons. The van der Waals surface area contributed by atoms with E-state index < -0.39 is 36.8 Å². The zero-order chi connectivity index (χ0) is 42.7. The summed E-state index contributed by atoms with van der Waals surface area (Å²) in [6.45, 7) is 5.98. The summed E-state index contributed by atoms with van der Waals surface area (Å²) in [5.74, 6) is -0.428. The third-order valence-corrected chi connectivity index (χ3v) is 13.4. The number of anilines is 6. The molecule has 1 saturated carbocycles. The first-order chi connectivity index (χ1) is 29.2. The number of imide groups is 2. The molecule has 3 N–H and O–H groups in total. The molecule has 0 spiro atoms. The Labute approximate surface area is 357 Å². The van der Waals surface area contributed by atoms with Crippen LogP contribution in [-0.2, 0) is 21.2 Å². The van der Waals surface area contributed by atoms with Gasteiger partial charge in [0.2, 0.25) is 17.8 Å². The Kier molecular flexibility index (Phi) is 10.3. The monoisotopic (exact) mass is 862 g/mol. The molecule has 2 aromatic heterocycles. The molecule has 1 atom stereocenters. The number of nitrogens with one attached hydrogen (secondary N) is 3. The van der Waals surface area contributed by atoms with Crippen molar-refractivity contribution >= 4 is 82.2 Å². The van der Waals surface area contributed by atoms with Gasteiger partial charge < -0.3 is 29.7 Å². The number of fused-ring (bicyclic) bond motifs is 1. The van der Waals surface area contributed by atoms with Gasteiger partial charge in [-0.05, 0) is 80.5 Å². The number of methoxy groups -OCH3 is 1. The largest absolute Gasteiger partial charge is 0.494 e. The molecular weight excluding hydrogens is 819 g/mol. The van der Waals surface area contributed by atoms with Crippen LogP contribution < -0.4 is 35.8 Å². The van der Waals surface area contributed by atoms with Gasteiger partial charge in [0.25, 0.3) is 11.8 Å². The van der Waals surface area contributed by atoms with E-state index in [1.807, 2.05) is 43.6 Å². The van der Waals surface area contributed by atoms with Crippen LogP contribution in [0.4, 0.5) is 34.5 Å². The molecule has 3 aromatic carbocycles. The number of piperidine rings is 1. The highest BCUT2D eigenvalue weighted by molar-refractivity contribution is 7.70. The fourth-order valence-electron chi connectivity index (χ4n) is 8.28. The molecule has 4 aliphatic rings. The highest BCUT2D eigenvalue weighted by Crippen LogP contribution is 2.45. The van der Waals surface area contributed by atoms with Gasteiger partial charge in [0, 0.05) is 79.7 Å². The number of aryl methyl sites for hydroxylation is 1. The summed E-state index contributed by atoms with van der Waals surface area (Å²) < 4.78 is 21.1. The van der Waals surface area contributed by atoms with Crippen LogP contribution >= 0.6 is 18.7 Å². The Morgan fingerprint density at radius 2 is 1.61 bits per heavy atom. The van der Waals surface area contributed by atoms with Gasteiger partial charge in [0.05, 0.1) is 42.0 Å². The third-order valence-electron chi connectivity index (χ3n) is 11.6. The number of ether oxygens (including phenoxy) is 1. The highest BCUT2D eigenvalue weighted by Gasteiger charge is 2.45. The molecule has 61 heavy (non-hydrogen) atoms. The van der Waals surface area contributed by atoms with Crippen molar-refractivity contribution in [3.63, 3.8) is 0 Å². The van der Waals surface area contributed by atoms with E-state index in [0.29, 0.717) is 60.1 Å². The number of nitrogens with zero attached hydrogens (tertiary/aromatic N) is 7. The number of hydrogen-bond donors (Lipinski definition) is 3. The fourth-order valence-corrected chi connectivity index (χ4v) is 9.59. The average molecular weight is 863 g/mol. The van der Waals surface area contributed by atoms with Crippen LogP contribution in [0, 0.1) is 0 Å². The SMILES string of the molecule is COc1cc(N2CCN(c3ccc4c(c3)C(=O)N(C3CCC(=O)NC3=O)C4=O)CC2)c(-c2cnn(C)c2)cc1Nc1ncc(Cl)c(Nc2ccc(C3CC3)cc2P(C)(C)=O)n1. The van der Waals surface area contributed by atoms with Crippen LogP contribution in [0.25, 0.3) is 11.1 Å². The number of hydrogen-bond acceptors (Lipinski definition) is 13. The minimum Gasteiger partial charge on any atom is -0.494 e. The van der Waals surface area contributed by atoms with Crippen LogP contribution in [-0.4, -0.2) is 101 Å². The van der Waals surface area contributed by atoms with E-state index in [2.05, 4.69) is 41.9 Å². The normalized spacial score (nSPS) is 18.0. The van der Waals surface area contributed by atoms with Gasteiger partial charge in [-0.2, -0.15) is 10.1 Å². The Morgan fingerprint density at radius 3 is 2.30 bits per heavy atom. The second kappa shape index (κ2) is 15.7. The molecule has 0 bridgehead atoms. The van der Waals surface area contributed by atoms with Gasteiger partial charge in [-0.3, -0.25) is 34.1 Å². The van der Waals surface area contributed by atoms with Crippen LogP contribution in [0.2, 0.25) is 5.02 Å². The predicted molar refractivity (Wildman–Crippen MR) is 234 cm³/mol. The molecule has 4 amide bonds. The first-order valence-corrected chi connectivity index (χ1v) is 23.1. The lowest BCUT2D eigenvalue weighted by atomic mass is 10.0. The van der Waals surface area contributed by atoms with Crippen molar-refractivity contribution in [3.05, 3.63) is 88.8 Å². The number of carbonyl (C=O) groups excluding carboxylic acids is 4. The zero-order valence-corrected chi connectivity index (χ0v) is 35.7. The molecule has 3 fully saturated rings. The molecule has 2 saturated heterocycles. The minimum absolute atomic E-state index is 0.0591. The number of rotatable bonds is 11. The second-order valence-electron chi connectivity index (χ2n) is 16.2. The summed E-state index contributed by atoms with van der Waals surface area (Å²) in [6.07, 6.45) is 7.70. The maximum Gasteiger partial charge on any atom is 0.262 e. The Hall–Kier alpha value is -6.25. The summed E-state index contributed by atoms with van der Waals surface area (Å²) >= 11 is 6.63. The summed E-state index contributed by atoms with van der Waals surface area (Å²) in [4.78, 5) is 65.7. The smallest absolute Gasteiger partial charge is 0.262 e. The van der Waals surface area contributed by atoms with E-state index in [-0.39, 0.29) is 29.9 Å². The van der Waals surface area contributed by atoms with Gasteiger partial charge in [-0.25, -0.2) is 4.98 Å². The Bertz CT molecular complexity index is 2690. The number of amides is 4. The van der Waals surface area contributed by atoms with E-state index in [4.69, 9.17) is 21.3 Å². The van der Waals surface area contributed by atoms with Gasteiger partial charge >= 0.3 is 0 Å². The van der Waals surface area contributed by atoms with Crippen LogP contribution in [0.1, 0.15) is 57.9 Å². The molecule has 3 aliphatic heterocycles. The maximum atomic E-state index is 13.5. The standard InChI is InChI=1S/C43H44ClN10O6P/c1-51-23-26(21-46-51)29-19-33(48-43-45-22-31(44)39(50-43)47-32-10-7-25(24-5-6-24)17-37(32)61(3,4)59)36(60-2)20-35(29)53-15-13-52(14-16-53)27-8-9-28-30(18-27)42(58)54(41(28)57)34-11-12-38(55)49-40(34)56/h7-10,17-24,34H,5-6,11-16H2,1-4H3,(H,49,55,56)(H2,45,47,48,50). The van der Waals surface area contributed by atoms with Gasteiger partial charge in [-0.1, -0.05) is 17.7 Å². The van der Waals surface area contributed by atoms with E-state index in [1.165, 1.54) is 11.8 Å². The first-order valence-electron chi connectivity index (χ1n) is 20.1. The lowest BCUT2D eigenvalue weighted by molar-refractivity contribution is -0.136. The molecule has 18 heteroatoms. The summed E-state index contributed by atoms with van der Waals surface area (Å²) in [5.41, 5.74) is 6.47. The van der Waals surface area contributed by atoms with Crippen molar-refractivity contribution in [2.45, 2.75) is 37.6 Å². The van der Waals surface area contributed by atoms with Crippen molar-refractivity contribution in [1.29, 1.82) is 0 Å². The molecule has 5 aromatic rings. The summed E-state index contributed by atoms with van der Waals surface area (Å²) in [7, 11) is 0.813. The van der Waals surface area contributed by atoms with Gasteiger partial charge in [0.15, 0.2) is 5.82 Å².